The van der Waals surface area contributed by atoms with Crippen LogP contribution in [-0.2, 0) is 11.3 Å². The van der Waals surface area contributed by atoms with Gasteiger partial charge in [-0.1, -0.05) is 11.6 Å². The van der Waals surface area contributed by atoms with Crippen LogP contribution in [0.4, 0.5) is 5.69 Å². The average molecular weight is 230 g/mol. The van der Waals surface area contributed by atoms with Crippen molar-refractivity contribution in [2.24, 2.45) is 0 Å². The lowest BCUT2D eigenvalue weighted by Gasteiger charge is -2.11. The molecular weight excluding hydrogens is 212 g/mol. The van der Waals surface area contributed by atoms with Crippen molar-refractivity contribution in [2.45, 2.75) is 20.5 Å². The average Bonchev–Trinajstić information content (AvgIpc) is 2.29. The van der Waals surface area contributed by atoms with Gasteiger partial charge in [0.25, 0.3) is 0 Å². The molecule has 0 saturated carbocycles. The van der Waals surface area contributed by atoms with Gasteiger partial charge in [0.1, 0.15) is 0 Å². The van der Waals surface area contributed by atoms with Crippen molar-refractivity contribution in [3.8, 4) is 0 Å². The molecule has 3 heteroatoms. The Balaban J connectivity index is 2.73. The van der Waals surface area contributed by atoms with E-state index in [9.17, 15) is 0 Å². The predicted octanol–water partition coefficient (Wildman–Crippen LogP) is 3.04. The Labute approximate surface area is 102 Å². The van der Waals surface area contributed by atoms with E-state index in [0.29, 0.717) is 6.61 Å². The second kappa shape index (κ2) is 4.72. The van der Waals surface area contributed by atoms with Crippen LogP contribution >= 0.6 is 0 Å². The Bertz CT molecular complexity index is 549. The van der Waals surface area contributed by atoms with Gasteiger partial charge in [-0.15, -0.1) is 0 Å². The minimum Gasteiger partial charge on any atom is -0.388 e. The van der Waals surface area contributed by atoms with Crippen molar-refractivity contribution in [3.05, 3.63) is 35.0 Å². The van der Waals surface area contributed by atoms with E-state index in [1.807, 2.05) is 13.1 Å². The maximum absolute atomic E-state index is 5.15. The first-order chi connectivity index (χ1) is 8.15. The fraction of sp³-hybridized carbons (Fsp3) is 0.357. The van der Waals surface area contributed by atoms with Gasteiger partial charge in [-0.3, -0.25) is 0 Å². The van der Waals surface area contributed by atoms with Crippen LogP contribution in [0, 0.1) is 13.8 Å². The maximum Gasteiger partial charge on any atom is 0.0885 e. The number of anilines is 1. The highest BCUT2D eigenvalue weighted by molar-refractivity contribution is 5.93. The molecule has 0 bridgehead atoms. The van der Waals surface area contributed by atoms with Gasteiger partial charge in [-0.25, -0.2) is 4.98 Å². The molecule has 1 N–H and O–H groups in total. The van der Waals surface area contributed by atoms with E-state index in [4.69, 9.17) is 4.74 Å². The molecule has 0 aliphatic heterocycles. The van der Waals surface area contributed by atoms with E-state index in [-0.39, 0.29) is 0 Å². The lowest BCUT2D eigenvalue weighted by molar-refractivity contribution is 0.182. The zero-order valence-corrected chi connectivity index (χ0v) is 10.8. The number of nitrogens with zero attached hydrogens (tertiary/aromatic N) is 1. The molecule has 0 atom stereocenters. The molecule has 2 rings (SSSR count). The van der Waals surface area contributed by atoms with Gasteiger partial charge in [-0.2, -0.15) is 0 Å². The summed E-state index contributed by atoms with van der Waals surface area (Å²) in [6.07, 6.45) is 0. The molecule has 1 heterocycles. The summed E-state index contributed by atoms with van der Waals surface area (Å²) in [6, 6.07) is 6.37. The van der Waals surface area contributed by atoms with Crippen LogP contribution < -0.4 is 5.32 Å². The van der Waals surface area contributed by atoms with E-state index in [1.54, 1.807) is 7.11 Å². The number of methoxy groups -OCH3 is 1. The summed E-state index contributed by atoms with van der Waals surface area (Å²) in [4.78, 5) is 4.65. The number of aromatic nitrogens is 1. The standard InChI is InChI=1S/C14H18N2O/c1-9-5-10(2)14-12(6-9)13(15-3)7-11(16-14)8-17-4/h5-7H,8H2,1-4H3,(H,15,16). The van der Waals surface area contributed by atoms with Gasteiger partial charge in [0, 0.05) is 25.2 Å². The van der Waals surface area contributed by atoms with Crippen molar-refractivity contribution in [1.82, 2.24) is 4.98 Å². The number of nitrogens with one attached hydrogen (secondary N) is 1. The number of hydrogen-bond donors (Lipinski definition) is 1. The quantitative estimate of drug-likeness (QED) is 0.880. The summed E-state index contributed by atoms with van der Waals surface area (Å²) in [6.45, 7) is 4.74. The second-order valence-corrected chi connectivity index (χ2v) is 4.32. The molecule has 0 spiro atoms. The first-order valence-electron chi connectivity index (χ1n) is 5.73. The number of hydrogen-bond acceptors (Lipinski definition) is 3. The van der Waals surface area contributed by atoms with Gasteiger partial charge < -0.3 is 10.1 Å². The van der Waals surface area contributed by atoms with Crippen LogP contribution in [0.15, 0.2) is 18.2 Å². The molecule has 2 aromatic rings. The van der Waals surface area contributed by atoms with Crippen molar-refractivity contribution >= 4 is 16.6 Å². The zero-order chi connectivity index (χ0) is 12.4. The van der Waals surface area contributed by atoms with Crippen LogP contribution in [0.5, 0.6) is 0 Å². The normalized spacial score (nSPS) is 10.8. The van der Waals surface area contributed by atoms with Crippen LogP contribution in [0.2, 0.25) is 0 Å². The van der Waals surface area contributed by atoms with Crippen molar-refractivity contribution in [3.63, 3.8) is 0 Å². The first kappa shape index (κ1) is 11.9. The van der Waals surface area contributed by atoms with Crippen LogP contribution in [0.25, 0.3) is 10.9 Å². The number of benzene rings is 1. The molecule has 1 aromatic carbocycles. The molecule has 0 fully saturated rings. The first-order valence-corrected chi connectivity index (χ1v) is 5.73. The Morgan fingerprint density at radius 3 is 2.65 bits per heavy atom. The molecule has 0 aliphatic rings. The monoisotopic (exact) mass is 230 g/mol. The second-order valence-electron chi connectivity index (χ2n) is 4.32. The van der Waals surface area contributed by atoms with E-state index in [2.05, 4.69) is 36.3 Å². The molecule has 0 radical (unpaired) electrons. The number of ether oxygens (including phenoxy) is 1. The largest absolute Gasteiger partial charge is 0.388 e. The summed E-state index contributed by atoms with van der Waals surface area (Å²) in [5, 5.41) is 4.40. The Morgan fingerprint density at radius 2 is 2.00 bits per heavy atom. The van der Waals surface area contributed by atoms with E-state index in [1.165, 1.54) is 16.5 Å². The van der Waals surface area contributed by atoms with Crippen LogP contribution in [-0.4, -0.2) is 19.1 Å². The summed E-state index contributed by atoms with van der Waals surface area (Å²) in [5.74, 6) is 0. The number of rotatable bonds is 3. The van der Waals surface area contributed by atoms with Crippen LogP contribution in [0.1, 0.15) is 16.8 Å². The van der Waals surface area contributed by atoms with Crippen molar-refractivity contribution in [2.75, 3.05) is 19.5 Å². The minimum atomic E-state index is 0.540. The van der Waals surface area contributed by atoms with Crippen molar-refractivity contribution < 1.29 is 4.74 Å². The third-order valence-corrected chi connectivity index (χ3v) is 2.86. The van der Waals surface area contributed by atoms with Gasteiger partial charge in [0.2, 0.25) is 0 Å². The lowest BCUT2D eigenvalue weighted by atomic mass is 10.0. The zero-order valence-electron chi connectivity index (χ0n) is 10.8. The van der Waals surface area contributed by atoms with Gasteiger partial charge in [0.15, 0.2) is 0 Å². The van der Waals surface area contributed by atoms with E-state index < -0.39 is 0 Å². The van der Waals surface area contributed by atoms with Crippen LogP contribution in [0.3, 0.4) is 0 Å². The summed E-state index contributed by atoms with van der Waals surface area (Å²) in [5.41, 5.74) is 5.57. The SMILES string of the molecule is CNc1cc(COC)nc2c(C)cc(C)cc12. The third-order valence-electron chi connectivity index (χ3n) is 2.86. The molecule has 0 saturated heterocycles. The predicted molar refractivity (Wildman–Crippen MR) is 71.5 cm³/mol. The smallest absolute Gasteiger partial charge is 0.0885 e. The highest BCUT2D eigenvalue weighted by atomic mass is 16.5. The maximum atomic E-state index is 5.15. The van der Waals surface area contributed by atoms with Gasteiger partial charge in [0.05, 0.1) is 17.8 Å². The topological polar surface area (TPSA) is 34.1 Å². The van der Waals surface area contributed by atoms with Crippen molar-refractivity contribution in [1.29, 1.82) is 0 Å². The molecule has 0 unspecified atom stereocenters. The summed E-state index contributed by atoms with van der Waals surface area (Å²) in [7, 11) is 3.62. The molecule has 3 nitrogen and oxygen atoms in total. The Morgan fingerprint density at radius 1 is 1.24 bits per heavy atom. The van der Waals surface area contributed by atoms with Gasteiger partial charge >= 0.3 is 0 Å². The summed E-state index contributed by atoms with van der Waals surface area (Å²) < 4.78 is 5.15. The highest BCUT2D eigenvalue weighted by Gasteiger charge is 2.07. The lowest BCUT2D eigenvalue weighted by Crippen LogP contribution is -1.99. The third kappa shape index (κ3) is 2.24. The van der Waals surface area contributed by atoms with E-state index in [0.717, 1.165) is 16.9 Å². The fourth-order valence-electron chi connectivity index (χ4n) is 2.16. The Hall–Kier alpha value is -1.61. The minimum absolute atomic E-state index is 0.540. The number of aryl methyl sites for hydroxylation is 2. The summed E-state index contributed by atoms with van der Waals surface area (Å²) >= 11 is 0. The fourth-order valence-corrected chi connectivity index (χ4v) is 2.16. The molecular formula is C14H18N2O. The molecule has 0 amide bonds. The molecule has 0 aliphatic carbocycles. The van der Waals surface area contributed by atoms with Gasteiger partial charge in [-0.05, 0) is 31.5 Å². The Kier molecular flexibility index (Phi) is 3.29. The number of pyridine rings is 1. The highest BCUT2D eigenvalue weighted by Crippen LogP contribution is 2.27. The molecule has 17 heavy (non-hydrogen) atoms. The molecule has 1 aromatic heterocycles. The molecule has 90 valence electrons. The van der Waals surface area contributed by atoms with E-state index >= 15 is 0 Å². The number of fused-ring (bicyclic) bond motifs is 1.